The molecule has 0 spiro atoms. The Kier molecular flexibility index (Phi) is 4.99. The quantitative estimate of drug-likeness (QED) is 0.527. The van der Waals surface area contributed by atoms with Gasteiger partial charge in [0.05, 0.1) is 4.92 Å². The van der Waals surface area contributed by atoms with Crippen molar-refractivity contribution >= 4 is 28.9 Å². The van der Waals surface area contributed by atoms with Crippen LogP contribution in [0.2, 0.25) is 5.02 Å². The van der Waals surface area contributed by atoms with Crippen LogP contribution in [-0.4, -0.2) is 30.4 Å². The lowest BCUT2D eigenvalue weighted by atomic mass is 10.2. The van der Waals surface area contributed by atoms with Crippen LogP contribution in [0.5, 0.6) is 0 Å². The first-order valence-corrected chi connectivity index (χ1v) is 8.09. The molecule has 11 heteroatoms. The zero-order chi connectivity index (χ0) is 19.6. The maximum Gasteiger partial charge on any atom is 0.289 e. The number of nitro benzene ring substituents is 1. The normalized spacial score (nSPS) is 11.8. The third-order valence-electron chi connectivity index (χ3n) is 3.71. The van der Waals surface area contributed by atoms with Crippen molar-refractivity contribution in [1.82, 2.24) is 19.6 Å². The Balaban J connectivity index is 1.86. The maximum absolute atomic E-state index is 12.5. The Bertz CT molecular complexity index is 1060. The molecule has 1 aromatic carbocycles. The minimum Gasteiger partial charge on any atom is -0.324 e. The van der Waals surface area contributed by atoms with Crippen LogP contribution >= 0.6 is 11.6 Å². The highest BCUT2D eigenvalue weighted by Gasteiger charge is 2.20. The van der Waals surface area contributed by atoms with Crippen LogP contribution in [0, 0.1) is 10.1 Å². The van der Waals surface area contributed by atoms with Crippen LogP contribution in [0.3, 0.4) is 0 Å². The molecule has 0 bridgehead atoms. The van der Waals surface area contributed by atoms with E-state index in [4.69, 9.17) is 11.6 Å². The molecule has 3 rings (SSSR count). The Morgan fingerprint density at radius 1 is 1.33 bits per heavy atom. The van der Waals surface area contributed by atoms with E-state index in [0.29, 0.717) is 5.82 Å². The van der Waals surface area contributed by atoms with E-state index in [9.17, 15) is 19.7 Å². The van der Waals surface area contributed by atoms with Crippen molar-refractivity contribution in [3.63, 3.8) is 0 Å². The number of anilines is 1. The van der Waals surface area contributed by atoms with Gasteiger partial charge in [0.2, 0.25) is 5.91 Å². The van der Waals surface area contributed by atoms with E-state index in [-0.39, 0.29) is 16.4 Å². The first-order chi connectivity index (χ1) is 12.9. The van der Waals surface area contributed by atoms with Crippen LogP contribution in [0.15, 0.2) is 53.6 Å². The van der Waals surface area contributed by atoms with Crippen molar-refractivity contribution in [3.8, 4) is 5.82 Å². The number of halogens is 1. The molecule has 0 aliphatic carbocycles. The first kappa shape index (κ1) is 18.3. The van der Waals surface area contributed by atoms with Crippen molar-refractivity contribution in [3.05, 3.63) is 74.3 Å². The molecular weight excluding hydrogens is 376 g/mol. The number of hydrogen-bond acceptors (Lipinski definition) is 6. The standard InChI is InChI=1S/C16H13ClN6O4/c1-10(16(25)19-11-3-4-12(17)13(9-11)23(26)27)22-15(24)6-5-14(20-22)21-8-2-7-18-21/h2-10H,1H3,(H,19,25)/t10-/m0/s1. The van der Waals surface area contributed by atoms with Crippen LogP contribution < -0.4 is 10.9 Å². The molecule has 2 heterocycles. The molecule has 0 saturated heterocycles. The van der Waals surface area contributed by atoms with Crippen molar-refractivity contribution in [2.45, 2.75) is 13.0 Å². The van der Waals surface area contributed by atoms with Gasteiger partial charge in [0, 0.05) is 30.2 Å². The van der Waals surface area contributed by atoms with Gasteiger partial charge in [0.15, 0.2) is 5.82 Å². The summed E-state index contributed by atoms with van der Waals surface area (Å²) < 4.78 is 2.46. The summed E-state index contributed by atoms with van der Waals surface area (Å²) in [5.41, 5.74) is -0.632. The molecule has 10 nitrogen and oxygen atoms in total. The summed E-state index contributed by atoms with van der Waals surface area (Å²) in [5, 5.41) is 21.6. The Hall–Kier alpha value is -3.53. The van der Waals surface area contributed by atoms with Gasteiger partial charge in [-0.05, 0) is 31.2 Å². The average Bonchev–Trinajstić information content (AvgIpc) is 3.17. The lowest BCUT2D eigenvalue weighted by Crippen LogP contribution is -2.33. The van der Waals surface area contributed by atoms with E-state index in [1.807, 2.05) is 0 Å². The van der Waals surface area contributed by atoms with E-state index in [1.54, 1.807) is 18.5 Å². The minimum atomic E-state index is -0.970. The fourth-order valence-electron chi connectivity index (χ4n) is 2.31. The lowest BCUT2D eigenvalue weighted by molar-refractivity contribution is -0.384. The number of carbonyl (C=O) groups is 1. The summed E-state index contributed by atoms with van der Waals surface area (Å²) >= 11 is 5.76. The zero-order valence-corrected chi connectivity index (χ0v) is 14.7. The summed E-state index contributed by atoms with van der Waals surface area (Å²) in [6.07, 6.45) is 3.20. The smallest absolute Gasteiger partial charge is 0.289 e. The third kappa shape index (κ3) is 3.85. The van der Waals surface area contributed by atoms with Gasteiger partial charge in [-0.1, -0.05) is 11.6 Å². The monoisotopic (exact) mass is 388 g/mol. The first-order valence-electron chi connectivity index (χ1n) is 7.71. The van der Waals surface area contributed by atoms with Crippen LogP contribution in [0.25, 0.3) is 5.82 Å². The van der Waals surface area contributed by atoms with Gasteiger partial charge < -0.3 is 5.32 Å². The van der Waals surface area contributed by atoms with E-state index >= 15 is 0 Å². The second kappa shape index (κ2) is 7.38. The highest BCUT2D eigenvalue weighted by molar-refractivity contribution is 6.32. The van der Waals surface area contributed by atoms with Gasteiger partial charge in [0.1, 0.15) is 11.1 Å². The number of nitro groups is 1. The SMILES string of the molecule is C[C@@H](C(=O)Nc1ccc(Cl)c([N+](=O)[O-])c1)n1nc(-n2cccn2)ccc1=O. The Labute approximate surface area is 157 Å². The number of amides is 1. The number of carbonyl (C=O) groups excluding carboxylic acids is 1. The predicted octanol–water partition coefficient (Wildman–Crippen LogP) is 2.19. The second-order valence-electron chi connectivity index (χ2n) is 5.51. The molecule has 0 radical (unpaired) electrons. The fourth-order valence-corrected chi connectivity index (χ4v) is 2.49. The minimum absolute atomic E-state index is 0.0455. The molecular formula is C16H13ClN6O4. The van der Waals surface area contributed by atoms with E-state index in [1.165, 1.54) is 35.9 Å². The van der Waals surface area contributed by atoms with Crippen LogP contribution in [0.4, 0.5) is 11.4 Å². The van der Waals surface area contributed by atoms with Gasteiger partial charge in [-0.2, -0.15) is 5.10 Å². The molecule has 1 atom stereocenters. The van der Waals surface area contributed by atoms with Crippen LogP contribution in [-0.2, 0) is 4.79 Å². The second-order valence-corrected chi connectivity index (χ2v) is 5.92. The van der Waals surface area contributed by atoms with Crippen molar-refractivity contribution in [2.24, 2.45) is 0 Å². The molecule has 3 aromatic rings. The van der Waals surface area contributed by atoms with Crippen molar-refractivity contribution in [1.29, 1.82) is 0 Å². The molecule has 0 aliphatic rings. The Morgan fingerprint density at radius 3 is 2.78 bits per heavy atom. The summed E-state index contributed by atoms with van der Waals surface area (Å²) in [6.45, 7) is 1.49. The summed E-state index contributed by atoms with van der Waals surface area (Å²) in [5.74, 6) is -0.208. The van der Waals surface area contributed by atoms with Gasteiger partial charge in [-0.3, -0.25) is 19.7 Å². The average molecular weight is 389 g/mol. The number of rotatable bonds is 5. The van der Waals surface area contributed by atoms with E-state index in [0.717, 1.165) is 10.7 Å². The number of nitrogens with one attached hydrogen (secondary N) is 1. The largest absolute Gasteiger partial charge is 0.324 e. The van der Waals surface area contributed by atoms with Crippen molar-refractivity contribution in [2.75, 3.05) is 5.32 Å². The summed E-state index contributed by atoms with van der Waals surface area (Å²) in [7, 11) is 0. The third-order valence-corrected chi connectivity index (χ3v) is 4.03. The molecule has 1 amide bonds. The lowest BCUT2D eigenvalue weighted by Gasteiger charge is -2.15. The number of aromatic nitrogens is 4. The maximum atomic E-state index is 12.5. The molecule has 1 N–H and O–H groups in total. The summed E-state index contributed by atoms with van der Waals surface area (Å²) in [6, 6.07) is 7.37. The molecule has 0 fully saturated rings. The zero-order valence-electron chi connectivity index (χ0n) is 13.9. The fraction of sp³-hybridized carbons (Fsp3) is 0.125. The number of nitrogens with zero attached hydrogens (tertiary/aromatic N) is 5. The molecule has 0 unspecified atom stereocenters. The van der Waals surface area contributed by atoms with Gasteiger partial charge in [-0.25, -0.2) is 9.36 Å². The molecule has 0 saturated carbocycles. The molecule has 138 valence electrons. The highest BCUT2D eigenvalue weighted by atomic mass is 35.5. The summed E-state index contributed by atoms with van der Waals surface area (Å²) in [4.78, 5) is 34.9. The van der Waals surface area contributed by atoms with Crippen LogP contribution in [0.1, 0.15) is 13.0 Å². The van der Waals surface area contributed by atoms with Gasteiger partial charge in [-0.15, -0.1) is 5.10 Å². The number of benzene rings is 1. The number of hydrogen-bond donors (Lipinski definition) is 1. The molecule has 2 aromatic heterocycles. The van der Waals surface area contributed by atoms with E-state index in [2.05, 4.69) is 15.5 Å². The van der Waals surface area contributed by atoms with Crippen molar-refractivity contribution < 1.29 is 9.72 Å². The van der Waals surface area contributed by atoms with E-state index < -0.39 is 22.4 Å². The predicted molar refractivity (Wildman–Crippen MR) is 97.1 cm³/mol. The van der Waals surface area contributed by atoms with Gasteiger partial charge in [0.25, 0.3) is 11.2 Å². The van der Waals surface area contributed by atoms with Gasteiger partial charge >= 0.3 is 0 Å². The molecule has 27 heavy (non-hydrogen) atoms. The Morgan fingerprint density at radius 2 is 2.11 bits per heavy atom. The topological polar surface area (TPSA) is 125 Å². The highest BCUT2D eigenvalue weighted by Crippen LogP contribution is 2.27. The molecule has 0 aliphatic heterocycles.